The maximum atomic E-state index is 4.25. The topological polar surface area (TPSA) is 28.2 Å². The normalized spacial score (nSPS) is 13.7. The molecule has 0 aliphatic heterocycles. The average molecular weight is 241 g/mol. The van der Waals surface area contributed by atoms with Gasteiger partial charge in [0.15, 0.2) is 0 Å². The fourth-order valence-electron chi connectivity index (χ4n) is 1.84. The van der Waals surface area contributed by atoms with Crippen molar-refractivity contribution in [1.29, 1.82) is 0 Å². The van der Waals surface area contributed by atoms with Gasteiger partial charge in [-0.15, -0.1) is 11.3 Å². The van der Waals surface area contributed by atoms with Gasteiger partial charge in [-0.3, -0.25) is 0 Å². The van der Waals surface area contributed by atoms with E-state index in [0.717, 1.165) is 18.8 Å². The van der Waals surface area contributed by atoms with Crippen molar-refractivity contribution in [3.8, 4) is 0 Å². The molecule has 1 unspecified atom stereocenters. The fraction of sp³-hybridized carbons (Fsp3) is 0.750. The molecule has 0 spiro atoms. The van der Waals surface area contributed by atoms with E-state index in [1.165, 1.54) is 4.88 Å². The molecule has 1 atom stereocenters. The molecule has 0 fully saturated rings. The SMILES string of the molecule is Cc1ncsc1CNCC(C(C)C)N(C)C. The molecule has 0 aliphatic rings. The second-order valence-corrected chi connectivity index (χ2v) is 5.71. The van der Waals surface area contributed by atoms with Crippen molar-refractivity contribution in [3.05, 3.63) is 16.1 Å². The Balaban J connectivity index is 2.37. The quantitative estimate of drug-likeness (QED) is 0.827. The average Bonchev–Trinajstić information content (AvgIpc) is 2.57. The van der Waals surface area contributed by atoms with E-state index in [-0.39, 0.29) is 0 Å². The lowest BCUT2D eigenvalue weighted by atomic mass is 10.0. The summed E-state index contributed by atoms with van der Waals surface area (Å²) in [6.45, 7) is 8.57. The summed E-state index contributed by atoms with van der Waals surface area (Å²) in [4.78, 5) is 7.89. The number of hydrogen-bond acceptors (Lipinski definition) is 4. The van der Waals surface area contributed by atoms with Crippen molar-refractivity contribution in [2.75, 3.05) is 20.6 Å². The van der Waals surface area contributed by atoms with Crippen LogP contribution in [0.15, 0.2) is 5.51 Å². The number of thiazole rings is 1. The summed E-state index contributed by atoms with van der Waals surface area (Å²) >= 11 is 1.73. The van der Waals surface area contributed by atoms with Gasteiger partial charge in [0, 0.05) is 24.0 Å². The molecule has 0 aliphatic carbocycles. The minimum Gasteiger partial charge on any atom is -0.310 e. The zero-order chi connectivity index (χ0) is 12.1. The number of hydrogen-bond donors (Lipinski definition) is 1. The zero-order valence-corrected chi connectivity index (χ0v) is 11.8. The third-order valence-corrected chi connectivity index (χ3v) is 3.85. The Morgan fingerprint density at radius 1 is 1.44 bits per heavy atom. The first kappa shape index (κ1) is 13.6. The summed E-state index contributed by atoms with van der Waals surface area (Å²) < 4.78 is 0. The van der Waals surface area contributed by atoms with Crippen molar-refractivity contribution in [2.45, 2.75) is 33.4 Å². The Labute approximate surface area is 103 Å². The highest BCUT2D eigenvalue weighted by Gasteiger charge is 2.15. The van der Waals surface area contributed by atoms with Crippen LogP contribution >= 0.6 is 11.3 Å². The van der Waals surface area contributed by atoms with Gasteiger partial charge in [0.1, 0.15) is 0 Å². The third kappa shape index (κ3) is 3.85. The Hall–Kier alpha value is -0.450. The molecule has 0 saturated heterocycles. The maximum absolute atomic E-state index is 4.25. The van der Waals surface area contributed by atoms with E-state index >= 15 is 0 Å². The Kier molecular flexibility index (Phi) is 5.38. The summed E-state index contributed by atoms with van der Waals surface area (Å²) in [6.07, 6.45) is 0. The van der Waals surface area contributed by atoms with Crippen molar-refractivity contribution in [2.24, 2.45) is 5.92 Å². The lowest BCUT2D eigenvalue weighted by molar-refractivity contribution is 0.224. The van der Waals surface area contributed by atoms with Gasteiger partial charge in [-0.05, 0) is 26.9 Å². The summed E-state index contributed by atoms with van der Waals surface area (Å²) in [6, 6.07) is 0.591. The van der Waals surface area contributed by atoms with Crippen LogP contribution in [-0.2, 0) is 6.54 Å². The van der Waals surface area contributed by atoms with Gasteiger partial charge >= 0.3 is 0 Å². The summed E-state index contributed by atoms with van der Waals surface area (Å²) in [5.74, 6) is 0.671. The minimum absolute atomic E-state index is 0.591. The summed E-state index contributed by atoms with van der Waals surface area (Å²) in [5.41, 5.74) is 3.07. The Bertz CT molecular complexity index is 299. The monoisotopic (exact) mass is 241 g/mol. The van der Waals surface area contributed by atoms with Gasteiger partial charge in [-0.1, -0.05) is 13.8 Å². The van der Waals surface area contributed by atoms with Gasteiger partial charge in [0.25, 0.3) is 0 Å². The molecule has 16 heavy (non-hydrogen) atoms. The van der Waals surface area contributed by atoms with E-state index in [1.54, 1.807) is 11.3 Å². The lowest BCUT2D eigenvalue weighted by Crippen LogP contribution is -2.41. The first-order chi connectivity index (χ1) is 7.52. The Morgan fingerprint density at radius 2 is 2.12 bits per heavy atom. The standard InChI is InChI=1S/C12H23N3S/c1-9(2)11(15(4)5)6-13-7-12-10(3)14-8-16-12/h8-9,11,13H,6-7H2,1-5H3. The van der Waals surface area contributed by atoms with Crippen LogP contribution in [0.1, 0.15) is 24.4 Å². The van der Waals surface area contributed by atoms with Gasteiger partial charge in [-0.25, -0.2) is 4.98 Å². The molecule has 1 N–H and O–H groups in total. The molecule has 1 aromatic heterocycles. The number of nitrogens with zero attached hydrogens (tertiary/aromatic N) is 2. The molecule has 3 nitrogen and oxygen atoms in total. The number of aryl methyl sites for hydroxylation is 1. The number of likely N-dealkylation sites (N-methyl/N-ethyl adjacent to an activating group) is 1. The summed E-state index contributed by atoms with van der Waals surface area (Å²) in [5, 5.41) is 3.52. The van der Waals surface area contributed by atoms with Gasteiger partial charge < -0.3 is 10.2 Å². The van der Waals surface area contributed by atoms with E-state index < -0.39 is 0 Å². The molecule has 1 rings (SSSR count). The molecule has 1 aromatic rings. The molecule has 0 radical (unpaired) electrons. The maximum Gasteiger partial charge on any atom is 0.0798 e. The van der Waals surface area contributed by atoms with Gasteiger partial charge in [0.05, 0.1) is 11.2 Å². The lowest BCUT2D eigenvalue weighted by Gasteiger charge is -2.28. The number of rotatable bonds is 6. The zero-order valence-electron chi connectivity index (χ0n) is 10.9. The molecular weight excluding hydrogens is 218 g/mol. The Morgan fingerprint density at radius 3 is 2.56 bits per heavy atom. The van der Waals surface area contributed by atoms with Crippen molar-refractivity contribution < 1.29 is 0 Å². The van der Waals surface area contributed by atoms with Crippen LogP contribution in [0.3, 0.4) is 0 Å². The fourth-order valence-corrected chi connectivity index (χ4v) is 2.59. The smallest absolute Gasteiger partial charge is 0.0798 e. The molecule has 4 heteroatoms. The van der Waals surface area contributed by atoms with Crippen LogP contribution in [0, 0.1) is 12.8 Å². The predicted molar refractivity (Wildman–Crippen MR) is 70.9 cm³/mol. The predicted octanol–water partition coefficient (Wildman–Crippen LogP) is 2.13. The van der Waals surface area contributed by atoms with Gasteiger partial charge in [-0.2, -0.15) is 0 Å². The molecule has 0 bridgehead atoms. The van der Waals surface area contributed by atoms with Crippen molar-refractivity contribution in [3.63, 3.8) is 0 Å². The van der Waals surface area contributed by atoms with E-state index in [4.69, 9.17) is 0 Å². The van der Waals surface area contributed by atoms with Crippen LogP contribution in [-0.4, -0.2) is 36.6 Å². The third-order valence-electron chi connectivity index (χ3n) is 2.92. The minimum atomic E-state index is 0.591. The highest BCUT2D eigenvalue weighted by atomic mass is 32.1. The van der Waals surface area contributed by atoms with Crippen LogP contribution in [0.4, 0.5) is 0 Å². The molecule has 0 saturated carbocycles. The molecule has 0 aromatic carbocycles. The van der Waals surface area contributed by atoms with E-state index in [1.807, 2.05) is 5.51 Å². The van der Waals surface area contributed by atoms with Crippen LogP contribution in [0.25, 0.3) is 0 Å². The highest BCUT2D eigenvalue weighted by molar-refractivity contribution is 7.09. The molecular formula is C12H23N3S. The van der Waals surface area contributed by atoms with Gasteiger partial charge in [0.2, 0.25) is 0 Å². The van der Waals surface area contributed by atoms with Crippen LogP contribution in [0.2, 0.25) is 0 Å². The first-order valence-corrected chi connectivity index (χ1v) is 6.66. The summed E-state index contributed by atoms with van der Waals surface area (Å²) in [7, 11) is 4.29. The van der Waals surface area contributed by atoms with E-state index in [9.17, 15) is 0 Å². The second kappa shape index (κ2) is 6.33. The van der Waals surface area contributed by atoms with Crippen molar-refractivity contribution >= 4 is 11.3 Å². The van der Waals surface area contributed by atoms with E-state index in [0.29, 0.717) is 12.0 Å². The highest BCUT2D eigenvalue weighted by Crippen LogP contribution is 2.12. The van der Waals surface area contributed by atoms with Crippen LogP contribution < -0.4 is 5.32 Å². The van der Waals surface area contributed by atoms with E-state index in [2.05, 4.69) is 50.1 Å². The number of aromatic nitrogens is 1. The molecule has 0 amide bonds. The first-order valence-electron chi connectivity index (χ1n) is 5.78. The van der Waals surface area contributed by atoms with Crippen molar-refractivity contribution in [1.82, 2.24) is 15.2 Å². The largest absolute Gasteiger partial charge is 0.310 e. The van der Waals surface area contributed by atoms with Crippen LogP contribution in [0.5, 0.6) is 0 Å². The second-order valence-electron chi connectivity index (χ2n) is 4.77. The molecule has 92 valence electrons. The molecule has 1 heterocycles. The number of nitrogens with one attached hydrogen (secondary N) is 1.